The fourth-order valence-corrected chi connectivity index (χ4v) is 4.19. The maximum atomic E-state index is 13.0. The van der Waals surface area contributed by atoms with Crippen molar-refractivity contribution in [3.63, 3.8) is 0 Å². The van der Waals surface area contributed by atoms with E-state index in [1.54, 1.807) is 13.2 Å². The molecule has 0 N–H and O–H groups in total. The first-order valence-corrected chi connectivity index (χ1v) is 9.24. The quantitative estimate of drug-likeness (QED) is 0.794. The van der Waals surface area contributed by atoms with E-state index in [2.05, 4.69) is 5.16 Å². The van der Waals surface area contributed by atoms with E-state index in [0.29, 0.717) is 24.3 Å². The number of aromatic nitrogens is 1. The van der Waals surface area contributed by atoms with Crippen molar-refractivity contribution in [1.29, 1.82) is 0 Å². The molecule has 4 rings (SSSR count). The number of aryl methyl sites for hydroxylation is 1. The van der Waals surface area contributed by atoms with Crippen LogP contribution in [-0.4, -0.2) is 41.8 Å². The lowest BCUT2D eigenvalue weighted by Gasteiger charge is -2.34. The lowest BCUT2D eigenvalue weighted by molar-refractivity contribution is 0.0496. The molecule has 2 fully saturated rings. The van der Waals surface area contributed by atoms with E-state index >= 15 is 0 Å². The molecule has 3 atom stereocenters. The summed E-state index contributed by atoms with van der Waals surface area (Å²) in [7, 11) is 1.64. The second kappa shape index (κ2) is 7.02. The van der Waals surface area contributed by atoms with Crippen LogP contribution in [0.4, 0.5) is 0 Å². The highest BCUT2D eigenvalue weighted by Crippen LogP contribution is 2.43. The average molecular weight is 356 g/mol. The molecule has 26 heavy (non-hydrogen) atoms. The van der Waals surface area contributed by atoms with Gasteiger partial charge in [0.1, 0.15) is 23.9 Å². The van der Waals surface area contributed by atoms with Gasteiger partial charge in [-0.2, -0.15) is 0 Å². The second-order valence-electron chi connectivity index (χ2n) is 7.03. The normalized spacial score (nSPS) is 24.1. The summed E-state index contributed by atoms with van der Waals surface area (Å²) in [6.45, 7) is 2.48. The molecule has 6 nitrogen and oxygen atoms in total. The van der Waals surface area contributed by atoms with Gasteiger partial charge in [-0.05, 0) is 49.4 Å². The van der Waals surface area contributed by atoms with E-state index in [9.17, 15) is 4.79 Å². The van der Waals surface area contributed by atoms with Crippen molar-refractivity contribution in [2.45, 2.75) is 44.7 Å². The summed E-state index contributed by atoms with van der Waals surface area (Å²) in [5.41, 5.74) is 0.406. The van der Waals surface area contributed by atoms with Crippen LogP contribution in [0.25, 0.3) is 0 Å². The minimum atomic E-state index is -0.0380. The highest BCUT2D eigenvalue weighted by atomic mass is 16.5. The Hall–Kier alpha value is -2.50. The fourth-order valence-electron chi connectivity index (χ4n) is 4.19. The molecular formula is C20H24N2O4. The number of likely N-dealkylation sites (tertiary alicyclic amines) is 1. The molecule has 138 valence electrons. The summed E-state index contributed by atoms with van der Waals surface area (Å²) in [4.78, 5) is 15.0. The zero-order valence-corrected chi connectivity index (χ0v) is 15.2. The van der Waals surface area contributed by atoms with Crippen molar-refractivity contribution in [2.24, 2.45) is 5.92 Å². The van der Waals surface area contributed by atoms with Gasteiger partial charge in [0.2, 0.25) is 0 Å². The third kappa shape index (κ3) is 3.04. The van der Waals surface area contributed by atoms with Gasteiger partial charge in [-0.25, -0.2) is 0 Å². The molecule has 1 saturated carbocycles. The van der Waals surface area contributed by atoms with Gasteiger partial charge in [-0.15, -0.1) is 0 Å². The number of hydrogen-bond acceptors (Lipinski definition) is 5. The maximum absolute atomic E-state index is 13.0. The molecule has 2 aromatic rings. The first-order valence-electron chi connectivity index (χ1n) is 9.24. The number of ether oxygens (including phenoxy) is 2. The summed E-state index contributed by atoms with van der Waals surface area (Å²) in [6, 6.07) is 9.67. The largest absolute Gasteiger partial charge is 0.497 e. The molecule has 1 saturated heterocycles. The summed E-state index contributed by atoms with van der Waals surface area (Å²) >= 11 is 0. The number of nitrogens with zero attached hydrogens (tertiary/aromatic N) is 2. The van der Waals surface area contributed by atoms with Gasteiger partial charge >= 0.3 is 0 Å². The van der Waals surface area contributed by atoms with E-state index in [1.807, 2.05) is 36.1 Å². The molecule has 0 radical (unpaired) electrons. The standard InChI is InChI=1S/C20H24N2O4/c1-3-15-11-18(21-26-15)20(23)22-14-5-4-13(10-14)19(22)12-25-17-8-6-16(24-2)7-9-17/h6-9,11,13-14,19H,3-5,10,12H2,1-2H3/t13?,14?,19-/m1/s1. The molecule has 1 aromatic heterocycles. The minimum Gasteiger partial charge on any atom is -0.497 e. The van der Waals surface area contributed by atoms with Crippen LogP contribution < -0.4 is 9.47 Å². The van der Waals surface area contributed by atoms with E-state index in [1.165, 1.54) is 0 Å². The zero-order valence-electron chi connectivity index (χ0n) is 15.2. The Balaban J connectivity index is 1.47. The fraction of sp³-hybridized carbons (Fsp3) is 0.500. The average Bonchev–Trinajstić information content (AvgIpc) is 3.41. The zero-order chi connectivity index (χ0) is 18.1. The van der Waals surface area contributed by atoms with Gasteiger partial charge in [0, 0.05) is 18.5 Å². The van der Waals surface area contributed by atoms with Gasteiger partial charge in [0.15, 0.2) is 5.69 Å². The van der Waals surface area contributed by atoms with Crippen molar-refractivity contribution >= 4 is 5.91 Å². The number of fused-ring (bicyclic) bond motifs is 2. The van der Waals surface area contributed by atoms with Crippen LogP contribution in [0, 0.1) is 5.92 Å². The lowest BCUT2D eigenvalue weighted by atomic mass is 9.99. The summed E-state index contributed by atoms with van der Waals surface area (Å²) in [6.07, 6.45) is 4.01. The van der Waals surface area contributed by atoms with Gasteiger partial charge in [0.05, 0.1) is 13.2 Å². The third-order valence-electron chi connectivity index (χ3n) is 5.58. The van der Waals surface area contributed by atoms with Gasteiger partial charge in [0.25, 0.3) is 5.91 Å². The van der Waals surface area contributed by atoms with Crippen LogP contribution in [0.3, 0.4) is 0 Å². The molecule has 1 amide bonds. The summed E-state index contributed by atoms with van der Waals surface area (Å²) < 4.78 is 16.4. The maximum Gasteiger partial charge on any atom is 0.276 e. The monoisotopic (exact) mass is 356 g/mol. The highest BCUT2D eigenvalue weighted by Gasteiger charge is 2.49. The van der Waals surface area contributed by atoms with Crippen molar-refractivity contribution in [3.8, 4) is 11.5 Å². The van der Waals surface area contributed by atoms with E-state index < -0.39 is 0 Å². The Morgan fingerprint density at radius 2 is 2.04 bits per heavy atom. The van der Waals surface area contributed by atoms with Crippen LogP contribution in [0.15, 0.2) is 34.9 Å². The Labute approximate surface area is 153 Å². The van der Waals surface area contributed by atoms with Crippen molar-refractivity contribution in [1.82, 2.24) is 10.1 Å². The molecule has 1 aliphatic carbocycles. The Bertz CT molecular complexity index is 770. The van der Waals surface area contributed by atoms with Crippen molar-refractivity contribution in [3.05, 3.63) is 41.8 Å². The van der Waals surface area contributed by atoms with Crippen LogP contribution in [0.1, 0.15) is 42.4 Å². The van der Waals surface area contributed by atoms with Gasteiger partial charge in [-0.1, -0.05) is 12.1 Å². The lowest BCUT2D eigenvalue weighted by Crippen LogP contribution is -2.47. The Morgan fingerprint density at radius 3 is 2.73 bits per heavy atom. The molecule has 1 aromatic carbocycles. The first kappa shape index (κ1) is 16.9. The minimum absolute atomic E-state index is 0.0380. The number of piperidine rings is 1. The molecule has 2 heterocycles. The van der Waals surface area contributed by atoms with E-state index in [0.717, 1.165) is 42.9 Å². The number of amides is 1. The third-order valence-corrected chi connectivity index (χ3v) is 5.58. The molecular weight excluding hydrogens is 332 g/mol. The topological polar surface area (TPSA) is 64.8 Å². The van der Waals surface area contributed by atoms with E-state index in [4.69, 9.17) is 14.0 Å². The number of hydrogen-bond donors (Lipinski definition) is 0. The number of methoxy groups -OCH3 is 1. The summed E-state index contributed by atoms with van der Waals surface area (Å²) in [5, 5.41) is 3.97. The van der Waals surface area contributed by atoms with Gasteiger partial charge < -0.3 is 18.9 Å². The van der Waals surface area contributed by atoms with Crippen LogP contribution in [0.2, 0.25) is 0 Å². The molecule has 6 heteroatoms. The number of rotatable bonds is 6. The number of benzene rings is 1. The van der Waals surface area contributed by atoms with Crippen molar-refractivity contribution < 1.29 is 18.8 Å². The SMILES string of the molecule is CCc1cc(C(=O)N2C3CCC(C3)[C@H]2COc2ccc(OC)cc2)no1. The Kier molecular flexibility index (Phi) is 4.57. The smallest absolute Gasteiger partial charge is 0.276 e. The molecule has 1 aliphatic heterocycles. The molecule has 2 bridgehead atoms. The predicted octanol–water partition coefficient (Wildman–Crippen LogP) is 3.32. The molecule has 2 unspecified atom stereocenters. The predicted molar refractivity (Wildman–Crippen MR) is 95.5 cm³/mol. The van der Waals surface area contributed by atoms with Crippen LogP contribution in [0.5, 0.6) is 11.5 Å². The van der Waals surface area contributed by atoms with Crippen molar-refractivity contribution in [2.75, 3.05) is 13.7 Å². The van der Waals surface area contributed by atoms with Crippen LogP contribution in [-0.2, 0) is 6.42 Å². The highest BCUT2D eigenvalue weighted by molar-refractivity contribution is 5.93. The van der Waals surface area contributed by atoms with Crippen LogP contribution >= 0.6 is 0 Å². The summed E-state index contributed by atoms with van der Waals surface area (Å²) in [5.74, 6) is 2.79. The van der Waals surface area contributed by atoms with Gasteiger partial charge in [-0.3, -0.25) is 4.79 Å². The second-order valence-corrected chi connectivity index (χ2v) is 7.03. The van der Waals surface area contributed by atoms with E-state index in [-0.39, 0.29) is 11.9 Å². The first-order chi connectivity index (χ1) is 12.7. The molecule has 2 aliphatic rings. The Morgan fingerprint density at radius 1 is 1.27 bits per heavy atom. The number of carbonyl (C=O) groups is 1. The molecule has 0 spiro atoms. The number of carbonyl (C=O) groups excluding carboxylic acids is 1.